The Balaban J connectivity index is 4.09. The molecule has 0 rings (SSSR count). The van der Waals surface area contributed by atoms with Crippen molar-refractivity contribution < 1.29 is 0 Å². The first-order valence-electron chi connectivity index (χ1n) is 2.65. The fourth-order valence-corrected chi connectivity index (χ4v) is 0.414. The zero-order chi connectivity index (χ0) is 7.11. The molecule has 2 heteroatoms. The quantitative estimate of drug-likeness (QED) is 0.411. The van der Waals surface area contributed by atoms with E-state index in [1.165, 1.54) is 6.21 Å². The zero-order valence-corrected chi connectivity index (χ0v) is 5.65. The molecule has 2 nitrogen and oxygen atoms in total. The molecule has 0 saturated heterocycles. The van der Waals surface area contributed by atoms with Gasteiger partial charge in [0.1, 0.15) is 0 Å². The van der Waals surface area contributed by atoms with Gasteiger partial charge in [0.15, 0.2) is 0 Å². The monoisotopic (exact) mass is 122 g/mol. The number of allylic oxidation sites excluding steroid dienone is 1. The van der Waals surface area contributed by atoms with E-state index < -0.39 is 0 Å². The van der Waals surface area contributed by atoms with Crippen LogP contribution in [0.15, 0.2) is 11.8 Å². The Morgan fingerprint density at radius 2 is 2.33 bits per heavy atom. The molecule has 0 amide bonds. The molecular formula is C7H10N2. The lowest BCUT2D eigenvalue weighted by Gasteiger charge is -1.86. The van der Waals surface area contributed by atoms with E-state index in [0.717, 1.165) is 0 Å². The van der Waals surface area contributed by atoms with Crippen LogP contribution in [-0.4, -0.2) is 13.3 Å². The Kier molecular flexibility index (Phi) is 4.25. The van der Waals surface area contributed by atoms with E-state index in [-0.39, 0.29) is 0 Å². The van der Waals surface area contributed by atoms with Gasteiger partial charge in [-0.2, -0.15) is 0 Å². The van der Waals surface area contributed by atoms with Gasteiger partial charge < -0.3 is 10.7 Å². The van der Waals surface area contributed by atoms with Gasteiger partial charge in [0.05, 0.1) is 5.57 Å². The molecule has 0 spiro atoms. The van der Waals surface area contributed by atoms with Crippen molar-refractivity contribution in [3.8, 4) is 11.8 Å². The van der Waals surface area contributed by atoms with Crippen LogP contribution in [0.2, 0.25) is 0 Å². The summed E-state index contributed by atoms with van der Waals surface area (Å²) in [6.45, 7) is 1.74. The summed E-state index contributed by atoms with van der Waals surface area (Å²) < 4.78 is 0. The Morgan fingerprint density at radius 3 is 2.67 bits per heavy atom. The van der Waals surface area contributed by atoms with E-state index in [4.69, 9.17) is 5.41 Å². The summed E-state index contributed by atoms with van der Waals surface area (Å²) in [5.41, 5.74) is 0.694. The Labute approximate surface area is 55.5 Å². The third-order valence-electron chi connectivity index (χ3n) is 0.725. The third kappa shape index (κ3) is 3.36. The maximum atomic E-state index is 6.83. The lowest BCUT2D eigenvalue weighted by Crippen LogP contribution is -1.95. The first-order valence-corrected chi connectivity index (χ1v) is 2.65. The standard InChI is InChI=1S/C7H10N2/c1-3-4-7(5-8)6-9-2/h5-6,8-9H,1-2H3/b7-6-,8-5?. The molecule has 0 atom stereocenters. The molecule has 0 aromatic carbocycles. The molecule has 0 aliphatic carbocycles. The van der Waals surface area contributed by atoms with Crippen LogP contribution in [0.4, 0.5) is 0 Å². The van der Waals surface area contributed by atoms with Crippen molar-refractivity contribution in [3.05, 3.63) is 11.8 Å². The number of rotatable bonds is 2. The molecule has 48 valence electrons. The second-order valence-electron chi connectivity index (χ2n) is 1.41. The molecule has 0 aliphatic heterocycles. The van der Waals surface area contributed by atoms with Crippen LogP contribution in [0.1, 0.15) is 6.92 Å². The van der Waals surface area contributed by atoms with Crippen molar-refractivity contribution in [3.63, 3.8) is 0 Å². The van der Waals surface area contributed by atoms with Crippen LogP contribution in [0.5, 0.6) is 0 Å². The van der Waals surface area contributed by atoms with Gasteiger partial charge in [-0.05, 0) is 6.92 Å². The minimum atomic E-state index is 0.694. The zero-order valence-electron chi connectivity index (χ0n) is 5.65. The maximum Gasteiger partial charge on any atom is 0.0577 e. The molecular weight excluding hydrogens is 112 g/mol. The van der Waals surface area contributed by atoms with Gasteiger partial charge in [0.2, 0.25) is 0 Å². The summed E-state index contributed by atoms with van der Waals surface area (Å²) in [6, 6.07) is 0. The lowest BCUT2D eigenvalue weighted by molar-refractivity contribution is 1.10. The van der Waals surface area contributed by atoms with Crippen LogP contribution >= 0.6 is 0 Å². The number of hydrogen-bond donors (Lipinski definition) is 2. The molecule has 0 aliphatic rings. The number of nitrogens with one attached hydrogen (secondary N) is 2. The predicted octanol–water partition coefficient (Wildman–Crippen LogP) is 0.763. The van der Waals surface area contributed by atoms with Crippen molar-refractivity contribution >= 4 is 6.21 Å². The highest BCUT2D eigenvalue weighted by atomic mass is 14.8. The highest BCUT2D eigenvalue weighted by Crippen LogP contribution is 1.81. The molecule has 2 N–H and O–H groups in total. The molecule has 0 saturated carbocycles. The molecule has 0 radical (unpaired) electrons. The Morgan fingerprint density at radius 1 is 1.67 bits per heavy atom. The highest BCUT2D eigenvalue weighted by molar-refractivity contribution is 5.81. The van der Waals surface area contributed by atoms with E-state index in [1.807, 2.05) is 0 Å². The second-order valence-corrected chi connectivity index (χ2v) is 1.41. The molecule has 9 heavy (non-hydrogen) atoms. The second kappa shape index (κ2) is 4.92. The van der Waals surface area contributed by atoms with Gasteiger partial charge in [-0.3, -0.25) is 0 Å². The fraction of sp³-hybridized carbons (Fsp3) is 0.286. The number of hydrogen-bond acceptors (Lipinski definition) is 2. The van der Waals surface area contributed by atoms with Gasteiger partial charge in [-0.25, -0.2) is 0 Å². The first kappa shape index (κ1) is 7.77. The maximum absolute atomic E-state index is 6.83. The van der Waals surface area contributed by atoms with Crippen molar-refractivity contribution in [2.45, 2.75) is 6.92 Å². The fourth-order valence-electron chi connectivity index (χ4n) is 0.414. The van der Waals surface area contributed by atoms with Crippen molar-refractivity contribution in [2.24, 2.45) is 0 Å². The smallest absolute Gasteiger partial charge is 0.0577 e. The summed E-state index contributed by atoms with van der Waals surface area (Å²) in [5, 5.41) is 9.62. The normalized spacial score (nSPS) is 9.33. The van der Waals surface area contributed by atoms with Gasteiger partial charge in [-0.15, -0.1) is 5.92 Å². The molecule has 0 heterocycles. The average molecular weight is 122 g/mol. The minimum absolute atomic E-state index is 0.694. The first-order chi connectivity index (χ1) is 4.35. The molecule has 0 aromatic rings. The van der Waals surface area contributed by atoms with E-state index in [1.54, 1.807) is 20.2 Å². The third-order valence-corrected chi connectivity index (χ3v) is 0.725. The van der Waals surface area contributed by atoms with Crippen LogP contribution in [0.3, 0.4) is 0 Å². The largest absolute Gasteiger partial charge is 0.393 e. The lowest BCUT2D eigenvalue weighted by atomic mass is 10.3. The van der Waals surface area contributed by atoms with Gasteiger partial charge in [0, 0.05) is 19.5 Å². The van der Waals surface area contributed by atoms with E-state index in [9.17, 15) is 0 Å². The SMILES string of the molecule is CC#C/C(C=N)=C/NC. The van der Waals surface area contributed by atoms with Crippen LogP contribution < -0.4 is 5.32 Å². The predicted molar refractivity (Wildman–Crippen MR) is 39.4 cm³/mol. The Bertz CT molecular complexity index is 169. The summed E-state index contributed by atoms with van der Waals surface area (Å²) in [7, 11) is 1.78. The van der Waals surface area contributed by atoms with E-state index in [0.29, 0.717) is 5.57 Å². The van der Waals surface area contributed by atoms with E-state index >= 15 is 0 Å². The van der Waals surface area contributed by atoms with Crippen molar-refractivity contribution in [1.29, 1.82) is 5.41 Å². The van der Waals surface area contributed by atoms with Crippen molar-refractivity contribution in [2.75, 3.05) is 7.05 Å². The average Bonchev–Trinajstić information content (AvgIpc) is 1.88. The van der Waals surface area contributed by atoms with Crippen LogP contribution in [0.25, 0.3) is 0 Å². The van der Waals surface area contributed by atoms with Crippen molar-refractivity contribution in [1.82, 2.24) is 5.32 Å². The highest BCUT2D eigenvalue weighted by Gasteiger charge is 1.79. The molecule has 0 bridgehead atoms. The minimum Gasteiger partial charge on any atom is -0.393 e. The molecule has 0 unspecified atom stereocenters. The summed E-state index contributed by atoms with van der Waals surface area (Å²) in [6.07, 6.45) is 2.90. The molecule has 0 aromatic heterocycles. The van der Waals surface area contributed by atoms with Gasteiger partial charge in [-0.1, -0.05) is 5.92 Å². The van der Waals surface area contributed by atoms with E-state index in [2.05, 4.69) is 17.2 Å². The molecule has 0 fully saturated rings. The summed E-state index contributed by atoms with van der Waals surface area (Å²) in [4.78, 5) is 0. The summed E-state index contributed by atoms with van der Waals surface area (Å²) in [5.74, 6) is 5.43. The summed E-state index contributed by atoms with van der Waals surface area (Å²) >= 11 is 0. The van der Waals surface area contributed by atoms with Crippen LogP contribution in [0, 0.1) is 17.3 Å². The van der Waals surface area contributed by atoms with Gasteiger partial charge in [0.25, 0.3) is 0 Å². The topological polar surface area (TPSA) is 35.9 Å². The Hall–Kier alpha value is -1.23. The van der Waals surface area contributed by atoms with Gasteiger partial charge >= 0.3 is 0 Å². The van der Waals surface area contributed by atoms with Crippen LogP contribution in [-0.2, 0) is 0 Å².